The van der Waals surface area contributed by atoms with E-state index in [-0.39, 0.29) is 5.91 Å². The van der Waals surface area contributed by atoms with Crippen molar-refractivity contribution in [1.82, 2.24) is 15.3 Å². The van der Waals surface area contributed by atoms with E-state index < -0.39 is 0 Å². The molecule has 1 amide bonds. The zero-order valence-electron chi connectivity index (χ0n) is 14.0. The third-order valence-electron chi connectivity index (χ3n) is 3.58. The summed E-state index contributed by atoms with van der Waals surface area (Å²) in [5.74, 6) is 1.27. The van der Waals surface area contributed by atoms with Crippen LogP contribution < -0.4 is 5.32 Å². The van der Waals surface area contributed by atoms with E-state index in [1.807, 2.05) is 48.0 Å². The lowest BCUT2D eigenvalue weighted by molar-refractivity contribution is -0.118. The van der Waals surface area contributed by atoms with E-state index in [1.165, 1.54) is 0 Å². The lowest BCUT2D eigenvalue weighted by Gasteiger charge is -2.04. The van der Waals surface area contributed by atoms with E-state index in [0.717, 1.165) is 27.6 Å². The second-order valence-electron chi connectivity index (χ2n) is 5.58. The van der Waals surface area contributed by atoms with Crippen LogP contribution in [0.5, 0.6) is 0 Å². The lowest BCUT2D eigenvalue weighted by Crippen LogP contribution is -2.27. The summed E-state index contributed by atoms with van der Waals surface area (Å²) in [4.78, 5) is 20.6. The third kappa shape index (κ3) is 5.56. The van der Waals surface area contributed by atoms with Gasteiger partial charge in [0.15, 0.2) is 0 Å². The fourth-order valence-electron chi connectivity index (χ4n) is 2.31. The number of hydrogen-bond acceptors (Lipinski definition) is 5. The molecule has 2 aromatic heterocycles. The van der Waals surface area contributed by atoms with Crippen molar-refractivity contribution in [3.63, 3.8) is 0 Å². The Morgan fingerprint density at radius 2 is 2.12 bits per heavy atom. The Balaban J connectivity index is 1.40. The van der Waals surface area contributed by atoms with E-state index in [9.17, 15) is 4.79 Å². The average Bonchev–Trinajstić information content (AvgIpc) is 3.12. The van der Waals surface area contributed by atoms with Crippen LogP contribution in [0.15, 0.2) is 54.2 Å². The molecule has 0 saturated carbocycles. The number of pyridine rings is 1. The van der Waals surface area contributed by atoms with Crippen molar-refractivity contribution >= 4 is 40.6 Å². The summed E-state index contributed by atoms with van der Waals surface area (Å²) in [6.07, 6.45) is 4.28. The second kappa shape index (κ2) is 9.71. The summed E-state index contributed by atoms with van der Waals surface area (Å²) in [5.41, 5.74) is 3.04. The molecule has 3 aromatic rings. The fraction of sp³-hybridized carbons (Fsp3) is 0.211. The molecule has 0 spiro atoms. The van der Waals surface area contributed by atoms with Crippen LogP contribution in [-0.2, 0) is 17.0 Å². The predicted octanol–water partition coefficient (Wildman–Crippen LogP) is 4.45. The number of thioether (sulfide) groups is 1. The van der Waals surface area contributed by atoms with Crippen LogP contribution in [0, 0.1) is 0 Å². The van der Waals surface area contributed by atoms with Crippen molar-refractivity contribution < 1.29 is 4.79 Å². The van der Waals surface area contributed by atoms with Gasteiger partial charge in [-0.1, -0.05) is 35.9 Å². The van der Waals surface area contributed by atoms with E-state index in [0.29, 0.717) is 23.7 Å². The molecule has 0 aliphatic rings. The molecule has 2 heterocycles. The number of thiazole rings is 1. The highest BCUT2D eigenvalue weighted by molar-refractivity contribution is 7.99. The van der Waals surface area contributed by atoms with Gasteiger partial charge in [-0.2, -0.15) is 0 Å². The fourth-order valence-corrected chi connectivity index (χ4v) is 4.28. The number of nitrogens with zero attached hydrogens (tertiary/aromatic N) is 2. The summed E-state index contributed by atoms with van der Waals surface area (Å²) in [6, 6.07) is 11.6. The summed E-state index contributed by atoms with van der Waals surface area (Å²) in [5, 5.41) is 6.56. The maximum Gasteiger partial charge on any atom is 0.230 e. The minimum atomic E-state index is 0.0421. The van der Waals surface area contributed by atoms with Crippen molar-refractivity contribution in [3.05, 3.63) is 70.5 Å². The topological polar surface area (TPSA) is 54.9 Å². The Morgan fingerprint density at radius 1 is 1.23 bits per heavy atom. The Bertz CT molecular complexity index is 855. The Labute approximate surface area is 166 Å². The van der Waals surface area contributed by atoms with Crippen LogP contribution in [0.3, 0.4) is 0 Å². The number of aromatic nitrogens is 2. The van der Waals surface area contributed by atoms with Gasteiger partial charge in [0.05, 0.1) is 16.5 Å². The molecular formula is C19H18ClN3OS2. The standard InChI is InChI=1S/C19H18ClN3OS2/c20-17-6-2-1-5-16(17)19-23-15(12-26-19)7-9-22-18(24)13-25-11-14-4-3-8-21-10-14/h1-6,8,10,12H,7,9,11,13H2,(H,22,24). The zero-order chi connectivity index (χ0) is 18.2. The van der Waals surface area contributed by atoms with E-state index in [4.69, 9.17) is 11.6 Å². The molecule has 0 atom stereocenters. The van der Waals surface area contributed by atoms with Gasteiger partial charge < -0.3 is 5.32 Å². The highest BCUT2D eigenvalue weighted by Crippen LogP contribution is 2.30. The van der Waals surface area contributed by atoms with Gasteiger partial charge in [-0.3, -0.25) is 9.78 Å². The van der Waals surface area contributed by atoms with Crippen molar-refractivity contribution in [1.29, 1.82) is 0 Å². The van der Waals surface area contributed by atoms with Crippen molar-refractivity contribution in [3.8, 4) is 10.6 Å². The summed E-state index contributed by atoms with van der Waals surface area (Å²) < 4.78 is 0. The summed E-state index contributed by atoms with van der Waals surface area (Å²) in [7, 11) is 0. The lowest BCUT2D eigenvalue weighted by atomic mass is 10.2. The van der Waals surface area contributed by atoms with Crippen LogP contribution >= 0.6 is 34.7 Å². The number of nitrogens with one attached hydrogen (secondary N) is 1. The highest BCUT2D eigenvalue weighted by atomic mass is 35.5. The van der Waals surface area contributed by atoms with Crippen LogP contribution in [-0.4, -0.2) is 28.2 Å². The summed E-state index contributed by atoms with van der Waals surface area (Å²) >= 11 is 9.36. The van der Waals surface area contributed by atoms with Gasteiger partial charge in [0.25, 0.3) is 0 Å². The van der Waals surface area contributed by atoms with Gasteiger partial charge in [-0.25, -0.2) is 4.98 Å². The first-order valence-electron chi connectivity index (χ1n) is 8.15. The molecule has 3 rings (SSSR count). The summed E-state index contributed by atoms with van der Waals surface area (Å²) in [6.45, 7) is 0.581. The molecule has 7 heteroatoms. The molecule has 0 aliphatic carbocycles. The maximum atomic E-state index is 11.9. The molecule has 134 valence electrons. The number of halogens is 1. The average molecular weight is 404 g/mol. The molecule has 26 heavy (non-hydrogen) atoms. The van der Waals surface area contributed by atoms with Crippen LogP contribution in [0.4, 0.5) is 0 Å². The molecule has 1 N–H and O–H groups in total. The number of hydrogen-bond donors (Lipinski definition) is 1. The monoisotopic (exact) mass is 403 g/mol. The third-order valence-corrected chi connectivity index (χ3v) is 5.84. The molecule has 1 aromatic carbocycles. The molecule has 0 radical (unpaired) electrons. The molecular weight excluding hydrogens is 386 g/mol. The highest BCUT2D eigenvalue weighted by Gasteiger charge is 2.08. The van der Waals surface area contributed by atoms with E-state index in [1.54, 1.807) is 29.3 Å². The van der Waals surface area contributed by atoms with Gasteiger partial charge >= 0.3 is 0 Å². The quantitative estimate of drug-likeness (QED) is 0.603. The number of carbonyl (C=O) groups is 1. The van der Waals surface area contributed by atoms with E-state index in [2.05, 4.69) is 15.3 Å². The van der Waals surface area contributed by atoms with Crippen LogP contribution in [0.2, 0.25) is 5.02 Å². The van der Waals surface area contributed by atoms with Crippen LogP contribution in [0.1, 0.15) is 11.3 Å². The first-order valence-corrected chi connectivity index (χ1v) is 10.6. The Morgan fingerprint density at radius 3 is 2.92 bits per heavy atom. The first kappa shape index (κ1) is 18.9. The number of benzene rings is 1. The minimum Gasteiger partial charge on any atom is -0.355 e. The Kier molecular flexibility index (Phi) is 7.05. The van der Waals surface area contributed by atoms with Crippen molar-refractivity contribution in [2.24, 2.45) is 0 Å². The number of amides is 1. The van der Waals surface area contributed by atoms with Gasteiger partial charge in [-0.05, 0) is 17.7 Å². The van der Waals surface area contributed by atoms with Gasteiger partial charge in [0, 0.05) is 42.1 Å². The molecule has 4 nitrogen and oxygen atoms in total. The van der Waals surface area contributed by atoms with Gasteiger partial charge in [0.2, 0.25) is 5.91 Å². The largest absolute Gasteiger partial charge is 0.355 e. The zero-order valence-corrected chi connectivity index (χ0v) is 16.4. The van der Waals surface area contributed by atoms with Crippen molar-refractivity contribution in [2.75, 3.05) is 12.3 Å². The molecule has 0 bridgehead atoms. The van der Waals surface area contributed by atoms with Gasteiger partial charge in [-0.15, -0.1) is 23.1 Å². The molecule has 0 aliphatic heterocycles. The molecule has 0 saturated heterocycles. The second-order valence-corrected chi connectivity index (χ2v) is 7.83. The van der Waals surface area contributed by atoms with E-state index >= 15 is 0 Å². The molecule has 0 unspecified atom stereocenters. The number of rotatable bonds is 8. The predicted molar refractivity (Wildman–Crippen MR) is 110 cm³/mol. The van der Waals surface area contributed by atoms with Crippen molar-refractivity contribution in [2.45, 2.75) is 12.2 Å². The minimum absolute atomic E-state index is 0.0421. The first-order chi connectivity index (χ1) is 12.7. The Hall–Kier alpha value is -1.89. The normalized spacial score (nSPS) is 10.7. The molecule has 0 fully saturated rings. The maximum absolute atomic E-state index is 11.9. The smallest absolute Gasteiger partial charge is 0.230 e. The SMILES string of the molecule is O=C(CSCc1cccnc1)NCCc1csc(-c2ccccc2Cl)n1. The number of carbonyl (C=O) groups excluding carboxylic acids is 1. The van der Waals surface area contributed by atoms with Crippen LogP contribution in [0.25, 0.3) is 10.6 Å². The van der Waals surface area contributed by atoms with Gasteiger partial charge in [0.1, 0.15) is 5.01 Å².